The number of hydrazone groups is 1. The molecule has 3 rings (SSSR count). The zero-order valence-electron chi connectivity index (χ0n) is 20.0. The van der Waals surface area contributed by atoms with Crippen LogP contribution in [0.2, 0.25) is 0 Å². The molecule has 0 saturated carbocycles. The molecule has 1 fully saturated rings. The Morgan fingerprint density at radius 2 is 1.76 bits per heavy atom. The molecule has 0 bridgehead atoms. The third-order valence-corrected chi connectivity index (χ3v) is 5.29. The lowest BCUT2D eigenvalue weighted by Gasteiger charge is -2.21. The Bertz CT molecular complexity index is 977. The number of rotatable bonds is 10. The van der Waals surface area contributed by atoms with Gasteiger partial charge in [0.2, 0.25) is 5.91 Å². The maximum atomic E-state index is 12.9. The molecule has 1 saturated heterocycles. The van der Waals surface area contributed by atoms with Gasteiger partial charge in [-0.05, 0) is 54.7 Å². The summed E-state index contributed by atoms with van der Waals surface area (Å²) in [4.78, 5) is 12.9. The second-order valence-electron chi connectivity index (χ2n) is 8.24. The van der Waals surface area contributed by atoms with E-state index in [9.17, 15) is 4.79 Å². The largest absolute Gasteiger partial charge is 0.493 e. The van der Waals surface area contributed by atoms with E-state index in [4.69, 9.17) is 18.9 Å². The van der Waals surface area contributed by atoms with E-state index in [0.717, 1.165) is 18.4 Å². The summed E-state index contributed by atoms with van der Waals surface area (Å²) in [7, 11) is 4.76. The Labute approximate surface area is 195 Å². The molecule has 1 amide bonds. The first-order chi connectivity index (χ1) is 15.9. The maximum Gasteiger partial charge on any atom is 0.248 e. The predicted molar refractivity (Wildman–Crippen MR) is 129 cm³/mol. The number of carbonyl (C=O) groups is 1. The maximum absolute atomic E-state index is 12.9. The van der Waals surface area contributed by atoms with Crippen LogP contribution in [0, 0.1) is 5.92 Å². The lowest BCUT2D eigenvalue weighted by atomic mass is 10.2. The standard InChI is InChI=1S/C25H33N3O5/c1-17(2)16-33-24-13-18(8-10-22(24)31-4)15-26-28-12-6-7-20(28)25(29)27-19-9-11-21(30-3)23(14-19)32-5/h8-11,13-15,17,20H,6-7,12,16H2,1-5H3,(H,27,29). The van der Waals surface area contributed by atoms with Crippen molar-refractivity contribution in [3.8, 4) is 23.0 Å². The lowest BCUT2D eigenvalue weighted by molar-refractivity contribution is -0.120. The number of ether oxygens (including phenoxy) is 4. The fourth-order valence-corrected chi connectivity index (χ4v) is 3.58. The molecule has 1 heterocycles. The second kappa shape index (κ2) is 11.4. The number of methoxy groups -OCH3 is 3. The molecule has 2 aromatic carbocycles. The minimum Gasteiger partial charge on any atom is -0.493 e. The summed E-state index contributed by atoms with van der Waals surface area (Å²) in [5.74, 6) is 2.83. The summed E-state index contributed by atoms with van der Waals surface area (Å²) in [5, 5.41) is 9.39. The van der Waals surface area contributed by atoms with Gasteiger partial charge in [-0.15, -0.1) is 0 Å². The van der Waals surface area contributed by atoms with Crippen LogP contribution in [0.15, 0.2) is 41.5 Å². The van der Waals surface area contributed by atoms with Crippen LogP contribution in [0.25, 0.3) is 0 Å². The quantitative estimate of drug-likeness (QED) is 0.541. The molecule has 2 aromatic rings. The zero-order valence-corrected chi connectivity index (χ0v) is 20.0. The highest BCUT2D eigenvalue weighted by Gasteiger charge is 2.30. The fourth-order valence-electron chi connectivity index (χ4n) is 3.58. The Morgan fingerprint density at radius 1 is 1.06 bits per heavy atom. The molecule has 1 aliphatic rings. The van der Waals surface area contributed by atoms with Gasteiger partial charge in [0.25, 0.3) is 0 Å². The van der Waals surface area contributed by atoms with Gasteiger partial charge in [-0.3, -0.25) is 9.80 Å². The van der Waals surface area contributed by atoms with Crippen LogP contribution in [0.5, 0.6) is 23.0 Å². The van der Waals surface area contributed by atoms with Gasteiger partial charge in [-0.25, -0.2) is 0 Å². The van der Waals surface area contributed by atoms with E-state index >= 15 is 0 Å². The van der Waals surface area contributed by atoms with Crippen LogP contribution in [0.4, 0.5) is 5.69 Å². The summed E-state index contributed by atoms with van der Waals surface area (Å²) in [6.45, 7) is 5.51. The first-order valence-electron chi connectivity index (χ1n) is 11.1. The summed E-state index contributed by atoms with van der Waals surface area (Å²) in [6, 6.07) is 10.6. The molecule has 1 atom stereocenters. The highest BCUT2D eigenvalue weighted by Crippen LogP contribution is 2.31. The van der Waals surface area contributed by atoms with Gasteiger partial charge < -0.3 is 24.3 Å². The van der Waals surface area contributed by atoms with Crippen LogP contribution >= 0.6 is 0 Å². The van der Waals surface area contributed by atoms with Crippen molar-refractivity contribution in [2.75, 3.05) is 39.8 Å². The van der Waals surface area contributed by atoms with Gasteiger partial charge in [-0.2, -0.15) is 5.10 Å². The van der Waals surface area contributed by atoms with Crippen molar-refractivity contribution in [2.24, 2.45) is 11.0 Å². The van der Waals surface area contributed by atoms with Crippen LogP contribution in [0.3, 0.4) is 0 Å². The van der Waals surface area contributed by atoms with Gasteiger partial charge in [0.15, 0.2) is 23.0 Å². The SMILES string of the molecule is COc1ccc(NC(=O)C2CCCN2N=Cc2ccc(OC)c(OCC(C)C)c2)cc1OC. The molecule has 0 spiro atoms. The number of amides is 1. The predicted octanol–water partition coefficient (Wildman–Crippen LogP) is 4.18. The van der Waals surface area contributed by atoms with E-state index in [1.165, 1.54) is 0 Å². The molecule has 8 heteroatoms. The van der Waals surface area contributed by atoms with Crippen molar-refractivity contribution in [2.45, 2.75) is 32.7 Å². The molecular formula is C25H33N3O5. The molecule has 1 unspecified atom stereocenters. The smallest absolute Gasteiger partial charge is 0.248 e. The van der Waals surface area contributed by atoms with E-state index in [0.29, 0.717) is 47.8 Å². The molecule has 8 nitrogen and oxygen atoms in total. The van der Waals surface area contributed by atoms with Crippen molar-refractivity contribution in [1.29, 1.82) is 0 Å². The monoisotopic (exact) mass is 455 g/mol. The number of hydrogen-bond donors (Lipinski definition) is 1. The first-order valence-corrected chi connectivity index (χ1v) is 11.1. The molecule has 0 aliphatic carbocycles. The van der Waals surface area contributed by atoms with E-state index in [2.05, 4.69) is 24.3 Å². The van der Waals surface area contributed by atoms with E-state index in [1.54, 1.807) is 45.7 Å². The molecule has 178 valence electrons. The Balaban J connectivity index is 1.69. The number of anilines is 1. The average molecular weight is 456 g/mol. The Kier molecular flexibility index (Phi) is 8.40. The van der Waals surface area contributed by atoms with E-state index < -0.39 is 0 Å². The highest BCUT2D eigenvalue weighted by molar-refractivity contribution is 5.95. The zero-order chi connectivity index (χ0) is 23.8. The van der Waals surface area contributed by atoms with Gasteiger partial charge in [-0.1, -0.05) is 13.8 Å². The summed E-state index contributed by atoms with van der Waals surface area (Å²) < 4.78 is 21.9. The van der Waals surface area contributed by atoms with Crippen LogP contribution in [0.1, 0.15) is 32.3 Å². The number of nitrogens with zero attached hydrogens (tertiary/aromatic N) is 2. The van der Waals surface area contributed by atoms with Gasteiger partial charge >= 0.3 is 0 Å². The summed E-state index contributed by atoms with van der Waals surface area (Å²) in [6.07, 6.45) is 3.39. The molecule has 1 aliphatic heterocycles. The fraction of sp³-hybridized carbons (Fsp3) is 0.440. The molecular weight excluding hydrogens is 422 g/mol. The van der Waals surface area contributed by atoms with Gasteiger partial charge in [0, 0.05) is 18.3 Å². The topological polar surface area (TPSA) is 81.6 Å². The normalized spacial score (nSPS) is 15.7. The highest BCUT2D eigenvalue weighted by atomic mass is 16.5. The lowest BCUT2D eigenvalue weighted by Crippen LogP contribution is -2.36. The minimum atomic E-state index is -0.343. The number of nitrogens with one attached hydrogen (secondary N) is 1. The van der Waals surface area contributed by atoms with Crippen molar-refractivity contribution in [3.63, 3.8) is 0 Å². The van der Waals surface area contributed by atoms with Crippen molar-refractivity contribution in [1.82, 2.24) is 5.01 Å². The van der Waals surface area contributed by atoms with E-state index in [-0.39, 0.29) is 11.9 Å². The third kappa shape index (κ3) is 6.31. The third-order valence-electron chi connectivity index (χ3n) is 5.29. The Hall–Kier alpha value is -3.42. The number of carbonyl (C=O) groups excluding carboxylic acids is 1. The molecule has 0 aromatic heterocycles. The average Bonchev–Trinajstić information content (AvgIpc) is 3.30. The Morgan fingerprint density at radius 3 is 2.45 bits per heavy atom. The van der Waals surface area contributed by atoms with Crippen molar-refractivity contribution < 1.29 is 23.7 Å². The van der Waals surface area contributed by atoms with Gasteiger partial charge in [0.1, 0.15) is 6.04 Å². The molecule has 1 N–H and O–H groups in total. The van der Waals surface area contributed by atoms with Crippen molar-refractivity contribution in [3.05, 3.63) is 42.0 Å². The minimum absolute atomic E-state index is 0.104. The molecule has 0 radical (unpaired) electrons. The molecule has 33 heavy (non-hydrogen) atoms. The number of hydrogen-bond acceptors (Lipinski definition) is 7. The summed E-state index contributed by atoms with van der Waals surface area (Å²) in [5.41, 5.74) is 1.52. The van der Waals surface area contributed by atoms with E-state index in [1.807, 2.05) is 23.2 Å². The van der Waals surface area contributed by atoms with Crippen molar-refractivity contribution >= 4 is 17.8 Å². The van der Waals surface area contributed by atoms with Crippen LogP contribution in [-0.4, -0.2) is 57.7 Å². The summed E-state index contributed by atoms with van der Waals surface area (Å²) >= 11 is 0. The first kappa shape index (κ1) is 24.2. The van der Waals surface area contributed by atoms with Crippen LogP contribution < -0.4 is 24.3 Å². The second-order valence-corrected chi connectivity index (χ2v) is 8.24. The number of benzene rings is 2. The van der Waals surface area contributed by atoms with Crippen LogP contribution in [-0.2, 0) is 4.79 Å². The van der Waals surface area contributed by atoms with Gasteiger partial charge in [0.05, 0.1) is 34.2 Å².